The second-order valence-corrected chi connectivity index (χ2v) is 8.00. The summed E-state index contributed by atoms with van der Waals surface area (Å²) in [5.74, 6) is -1.52. The molecule has 2 N–H and O–H groups in total. The van der Waals surface area contributed by atoms with Crippen molar-refractivity contribution < 1.29 is 19.1 Å². The number of nitrogens with one attached hydrogen (secondary N) is 2. The minimum absolute atomic E-state index is 0.00548. The standard InChI is InChI=1S/C21H32N2O4/c1-8-22-18(24)14(4)27-20(26)17(13(2)3)23-19(25)15-9-11-16(12-10-15)21(5,6)7/h9-14,17H,8H2,1-7H3,(H,22,24)(H,23,25)/t14-,17-/m0/s1. The number of hydrogen-bond donors (Lipinski definition) is 2. The van der Waals surface area contributed by atoms with Gasteiger partial charge in [0.1, 0.15) is 6.04 Å². The smallest absolute Gasteiger partial charge is 0.329 e. The van der Waals surface area contributed by atoms with E-state index in [2.05, 4.69) is 31.4 Å². The lowest BCUT2D eigenvalue weighted by atomic mass is 9.86. The Morgan fingerprint density at radius 1 is 1.04 bits per heavy atom. The summed E-state index contributed by atoms with van der Waals surface area (Å²) in [7, 11) is 0. The molecule has 27 heavy (non-hydrogen) atoms. The minimum Gasteiger partial charge on any atom is -0.451 e. The van der Waals surface area contributed by atoms with Gasteiger partial charge in [-0.15, -0.1) is 0 Å². The van der Waals surface area contributed by atoms with E-state index in [4.69, 9.17) is 4.74 Å². The zero-order valence-corrected chi connectivity index (χ0v) is 17.4. The molecule has 6 nitrogen and oxygen atoms in total. The van der Waals surface area contributed by atoms with Gasteiger partial charge in [0.15, 0.2) is 6.10 Å². The third-order valence-electron chi connectivity index (χ3n) is 4.23. The summed E-state index contributed by atoms with van der Waals surface area (Å²) in [6.07, 6.45) is -0.915. The molecule has 0 radical (unpaired) electrons. The van der Waals surface area contributed by atoms with Crippen molar-refractivity contribution in [1.29, 1.82) is 0 Å². The molecule has 0 spiro atoms. The van der Waals surface area contributed by atoms with Crippen molar-refractivity contribution in [2.24, 2.45) is 5.92 Å². The van der Waals surface area contributed by atoms with Gasteiger partial charge in [0.05, 0.1) is 0 Å². The summed E-state index contributed by atoms with van der Waals surface area (Å²) < 4.78 is 5.22. The largest absolute Gasteiger partial charge is 0.451 e. The van der Waals surface area contributed by atoms with Gasteiger partial charge in [-0.25, -0.2) is 4.79 Å². The molecule has 0 unspecified atom stereocenters. The highest BCUT2D eigenvalue weighted by molar-refractivity contribution is 5.97. The maximum Gasteiger partial charge on any atom is 0.329 e. The molecule has 0 aliphatic heterocycles. The Labute approximate surface area is 162 Å². The molecule has 1 rings (SSSR count). The number of hydrogen-bond acceptors (Lipinski definition) is 4. The maximum atomic E-state index is 12.5. The number of esters is 1. The van der Waals surface area contributed by atoms with Gasteiger partial charge in [0.25, 0.3) is 11.8 Å². The molecule has 0 aliphatic rings. The number of benzene rings is 1. The summed E-state index contributed by atoms with van der Waals surface area (Å²) in [5.41, 5.74) is 1.59. The summed E-state index contributed by atoms with van der Waals surface area (Å²) in [4.78, 5) is 36.7. The van der Waals surface area contributed by atoms with Crippen LogP contribution in [0.4, 0.5) is 0 Å². The van der Waals surface area contributed by atoms with Crippen LogP contribution in [-0.4, -0.2) is 36.5 Å². The Hall–Kier alpha value is -2.37. The van der Waals surface area contributed by atoms with Crippen LogP contribution in [-0.2, 0) is 19.7 Å². The highest BCUT2D eigenvalue weighted by atomic mass is 16.5. The molecular formula is C21H32N2O4. The van der Waals surface area contributed by atoms with E-state index in [1.165, 1.54) is 6.92 Å². The first-order valence-corrected chi connectivity index (χ1v) is 9.37. The molecule has 1 aromatic carbocycles. The van der Waals surface area contributed by atoms with Gasteiger partial charge in [0.2, 0.25) is 0 Å². The summed E-state index contributed by atoms with van der Waals surface area (Å²) in [6.45, 7) is 13.7. The quantitative estimate of drug-likeness (QED) is 0.717. The molecule has 0 fully saturated rings. The van der Waals surface area contributed by atoms with E-state index in [0.29, 0.717) is 12.1 Å². The summed E-state index contributed by atoms with van der Waals surface area (Å²) >= 11 is 0. The van der Waals surface area contributed by atoms with E-state index in [9.17, 15) is 14.4 Å². The van der Waals surface area contributed by atoms with Crippen molar-refractivity contribution >= 4 is 17.8 Å². The first-order chi connectivity index (χ1) is 12.5. The number of rotatable bonds is 7. The van der Waals surface area contributed by atoms with Crippen molar-refractivity contribution in [2.45, 2.75) is 66.0 Å². The van der Waals surface area contributed by atoms with Gasteiger partial charge in [-0.1, -0.05) is 46.8 Å². The Bertz CT molecular complexity index is 660. The van der Waals surface area contributed by atoms with Crippen molar-refractivity contribution in [2.75, 3.05) is 6.54 Å². The zero-order valence-electron chi connectivity index (χ0n) is 17.4. The van der Waals surface area contributed by atoms with Crippen molar-refractivity contribution in [3.63, 3.8) is 0 Å². The Morgan fingerprint density at radius 3 is 2.04 bits per heavy atom. The monoisotopic (exact) mass is 376 g/mol. The molecule has 0 aromatic heterocycles. The highest BCUT2D eigenvalue weighted by Crippen LogP contribution is 2.22. The highest BCUT2D eigenvalue weighted by Gasteiger charge is 2.29. The van der Waals surface area contributed by atoms with Crippen molar-refractivity contribution in [3.8, 4) is 0 Å². The van der Waals surface area contributed by atoms with Crippen LogP contribution < -0.4 is 10.6 Å². The van der Waals surface area contributed by atoms with Crippen LogP contribution in [0.25, 0.3) is 0 Å². The molecule has 0 saturated carbocycles. The Morgan fingerprint density at radius 2 is 1.59 bits per heavy atom. The predicted molar refractivity (Wildman–Crippen MR) is 105 cm³/mol. The Kier molecular flexibility index (Phi) is 8.00. The van der Waals surface area contributed by atoms with Crippen LogP contribution in [0.5, 0.6) is 0 Å². The molecular weight excluding hydrogens is 344 g/mol. The van der Waals surface area contributed by atoms with Gasteiger partial charge in [-0.3, -0.25) is 9.59 Å². The first-order valence-electron chi connectivity index (χ1n) is 9.37. The van der Waals surface area contributed by atoms with Gasteiger partial charge < -0.3 is 15.4 Å². The first kappa shape index (κ1) is 22.7. The Balaban J connectivity index is 2.82. The number of amides is 2. The molecule has 0 heterocycles. The fraction of sp³-hybridized carbons (Fsp3) is 0.571. The van der Waals surface area contributed by atoms with Gasteiger partial charge in [-0.2, -0.15) is 0 Å². The van der Waals surface area contributed by atoms with Crippen LogP contribution in [0.3, 0.4) is 0 Å². The minimum atomic E-state index is -0.915. The fourth-order valence-corrected chi connectivity index (χ4v) is 2.46. The molecule has 0 saturated heterocycles. The van der Waals surface area contributed by atoms with Gasteiger partial charge in [-0.05, 0) is 42.9 Å². The van der Waals surface area contributed by atoms with Crippen molar-refractivity contribution in [1.82, 2.24) is 10.6 Å². The van der Waals surface area contributed by atoms with Crippen LogP contribution >= 0.6 is 0 Å². The van der Waals surface area contributed by atoms with E-state index >= 15 is 0 Å². The molecule has 1 aromatic rings. The van der Waals surface area contributed by atoms with Crippen LogP contribution in [0.15, 0.2) is 24.3 Å². The molecule has 6 heteroatoms. The third-order valence-corrected chi connectivity index (χ3v) is 4.23. The summed E-state index contributed by atoms with van der Waals surface area (Å²) in [5, 5.41) is 5.32. The maximum absolute atomic E-state index is 12.5. The lowest BCUT2D eigenvalue weighted by Gasteiger charge is -2.23. The second-order valence-electron chi connectivity index (χ2n) is 8.00. The van der Waals surface area contributed by atoms with Crippen LogP contribution in [0.2, 0.25) is 0 Å². The topological polar surface area (TPSA) is 84.5 Å². The second kappa shape index (κ2) is 9.53. The van der Waals surface area contributed by atoms with E-state index < -0.39 is 18.1 Å². The lowest BCUT2D eigenvalue weighted by molar-refractivity contribution is -0.157. The van der Waals surface area contributed by atoms with E-state index in [1.54, 1.807) is 19.1 Å². The molecule has 150 valence electrons. The average molecular weight is 376 g/mol. The van der Waals surface area contributed by atoms with Gasteiger partial charge in [0, 0.05) is 12.1 Å². The van der Waals surface area contributed by atoms with Crippen LogP contribution in [0.1, 0.15) is 64.4 Å². The number of carbonyl (C=O) groups excluding carboxylic acids is 3. The molecule has 0 aliphatic carbocycles. The normalized spacial score (nSPS) is 13.6. The molecule has 2 amide bonds. The number of likely N-dealkylation sites (N-methyl/N-ethyl adjacent to an activating group) is 1. The van der Waals surface area contributed by atoms with E-state index in [1.807, 2.05) is 26.0 Å². The van der Waals surface area contributed by atoms with E-state index in [0.717, 1.165) is 5.56 Å². The number of ether oxygens (including phenoxy) is 1. The average Bonchev–Trinajstić information content (AvgIpc) is 2.58. The molecule has 2 atom stereocenters. The van der Waals surface area contributed by atoms with Crippen molar-refractivity contribution in [3.05, 3.63) is 35.4 Å². The fourth-order valence-electron chi connectivity index (χ4n) is 2.46. The number of carbonyl (C=O) groups is 3. The zero-order chi connectivity index (χ0) is 20.8. The van der Waals surface area contributed by atoms with Gasteiger partial charge >= 0.3 is 5.97 Å². The predicted octanol–water partition coefficient (Wildman–Crippen LogP) is 2.81. The summed E-state index contributed by atoms with van der Waals surface area (Å²) in [6, 6.07) is 6.48. The SMILES string of the molecule is CCNC(=O)[C@H](C)OC(=O)[C@@H](NC(=O)c1ccc(C(C)(C)C)cc1)C(C)C. The lowest BCUT2D eigenvalue weighted by Crippen LogP contribution is -2.47. The molecule has 0 bridgehead atoms. The van der Waals surface area contributed by atoms with Crippen LogP contribution in [0, 0.1) is 5.92 Å². The van der Waals surface area contributed by atoms with E-state index in [-0.39, 0.29) is 23.1 Å². The third kappa shape index (κ3) is 6.70.